The summed E-state index contributed by atoms with van der Waals surface area (Å²) < 4.78 is 0. The van der Waals surface area contributed by atoms with Gasteiger partial charge in [-0.2, -0.15) is 5.26 Å². The second-order valence-corrected chi connectivity index (χ2v) is 12.0. The Morgan fingerprint density at radius 3 is 1.62 bits per heavy atom. The lowest BCUT2D eigenvalue weighted by Gasteiger charge is -2.37. The SMILES string of the molecule is CC(C)C(C)CN(CC#N)C(=O)CN[C@H](C)CC(C(=N)N)(c1ccc(C(=O)N(C)C)cc1)c1ccc(C(=O)N(C)C)cc1.NN. The summed E-state index contributed by atoms with van der Waals surface area (Å²) >= 11 is 0. The van der Waals surface area contributed by atoms with E-state index >= 15 is 0 Å². The van der Waals surface area contributed by atoms with Gasteiger partial charge in [0.25, 0.3) is 11.8 Å². The maximum absolute atomic E-state index is 13.1. The minimum Gasteiger partial charge on any atom is -0.387 e. The number of amides is 3. The van der Waals surface area contributed by atoms with Gasteiger partial charge in [0.1, 0.15) is 12.4 Å². The zero-order chi connectivity index (χ0) is 34.5. The average Bonchev–Trinajstić information content (AvgIpc) is 3.02. The lowest BCUT2D eigenvalue weighted by Crippen LogP contribution is -2.48. The number of nitriles is 1. The van der Waals surface area contributed by atoms with Crippen molar-refractivity contribution < 1.29 is 14.4 Å². The highest BCUT2D eigenvalue weighted by molar-refractivity contribution is 5.97. The predicted molar refractivity (Wildman–Crippen MR) is 178 cm³/mol. The molecule has 0 aliphatic carbocycles. The van der Waals surface area contributed by atoms with Gasteiger partial charge in [0.05, 0.1) is 18.0 Å². The van der Waals surface area contributed by atoms with Crippen LogP contribution in [0.2, 0.25) is 0 Å². The Morgan fingerprint density at radius 1 is 0.867 bits per heavy atom. The van der Waals surface area contributed by atoms with Gasteiger partial charge >= 0.3 is 0 Å². The predicted octanol–water partition coefficient (Wildman–Crippen LogP) is 2.14. The maximum atomic E-state index is 13.1. The molecule has 2 aromatic carbocycles. The second kappa shape index (κ2) is 17.9. The van der Waals surface area contributed by atoms with Crippen LogP contribution >= 0.6 is 0 Å². The van der Waals surface area contributed by atoms with Crippen LogP contribution in [-0.2, 0) is 10.2 Å². The van der Waals surface area contributed by atoms with Crippen LogP contribution in [0.15, 0.2) is 48.5 Å². The topological polar surface area (TPSA) is 199 Å². The molecule has 0 aliphatic rings. The highest BCUT2D eigenvalue weighted by Crippen LogP contribution is 2.37. The van der Waals surface area contributed by atoms with Gasteiger partial charge in [-0.3, -0.25) is 31.5 Å². The van der Waals surface area contributed by atoms with Crippen molar-refractivity contribution in [1.82, 2.24) is 20.0 Å². The van der Waals surface area contributed by atoms with Gasteiger partial charge in [0.15, 0.2) is 0 Å². The lowest BCUT2D eigenvalue weighted by atomic mass is 9.69. The Morgan fingerprint density at radius 2 is 1.29 bits per heavy atom. The van der Waals surface area contributed by atoms with Crippen LogP contribution in [0, 0.1) is 28.6 Å². The summed E-state index contributed by atoms with van der Waals surface area (Å²) in [6.45, 7) is 8.69. The number of carbonyl (C=O) groups is 3. The van der Waals surface area contributed by atoms with Gasteiger partial charge in [-0.25, -0.2) is 0 Å². The fourth-order valence-corrected chi connectivity index (χ4v) is 4.94. The second-order valence-electron chi connectivity index (χ2n) is 12.0. The Balaban J connectivity index is 0.00000496. The quantitative estimate of drug-likeness (QED) is 0.0694. The van der Waals surface area contributed by atoms with Crippen LogP contribution in [0.4, 0.5) is 0 Å². The Labute approximate surface area is 268 Å². The van der Waals surface area contributed by atoms with Crippen LogP contribution in [0.25, 0.3) is 0 Å². The first-order valence-electron chi connectivity index (χ1n) is 14.9. The number of nitrogens with zero attached hydrogens (tertiary/aromatic N) is 4. The first kappa shape index (κ1) is 38.7. The molecular weight excluding hydrogens is 570 g/mol. The summed E-state index contributed by atoms with van der Waals surface area (Å²) in [5.41, 5.74) is 7.70. The highest BCUT2D eigenvalue weighted by Gasteiger charge is 2.39. The van der Waals surface area contributed by atoms with Crippen molar-refractivity contribution in [2.24, 2.45) is 29.3 Å². The minimum atomic E-state index is -1.12. The molecule has 2 aromatic rings. The molecule has 0 saturated carbocycles. The van der Waals surface area contributed by atoms with E-state index in [-0.39, 0.29) is 48.6 Å². The third-order valence-corrected chi connectivity index (χ3v) is 8.00. The number of hydrogen-bond acceptors (Lipinski definition) is 8. The van der Waals surface area contributed by atoms with E-state index in [1.54, 1.807) is 81.6 Å². The fraction of sp³-hybridized carbons (Fsp3) is 0.485. The molecular formula is C33H51N9O3. The van der Waals surface area contributed by atoms with E-state index in [2.05, 4.69) is 43.8 Å². The largest absolute Gasteiger partial charge is 0.387 e. The van der Waals surface area contributed by atoms with Gasteiger partial charge in [-0.1, -0.05) is 45.0 Å². The fourth-order valence-electron chi connectivity index (χ4n) is 4.94. The van der Waals surface area contributed by atoms with Crippen LogP contribution < -0.4 is 22.7 Å². The highest BCUT2D eigenvalue weighted by atomic mass is 16.2. The van der Waals surface area contributed by atoms with E-state index in [0.717, 1.165) is 0 Å². The van der Waals surface area contributed by atoms with E-state index in [9.17, 15) is 19.6 Å². The summed E-state index contributed by atoms with van der Waals surface area (Å²) in [6.07, 6.45) is 0.318. The van der Waals surface area contributed by atoms with Crippen molar-refractivity contribution in [2.45, 2.75) is 45.6 Å². The molecule has 3 amide bonds. The lowest BCUT2D eigenvalue weighted by molar-refractivity contribution is -0.130. The maximum Gasteiger partial charge on any atom is 0.253 e. The van der Waals surface area contributed by atoms with Crippen LogP contribution in [0.3, 0.4) is 0 Å². The molecule has 0 aliphatic heterocycles. The molecule has 0 aromatic heterocycles. The van der Waals surface area contributed by atoms with Crippen molar-refractivity contribution in [3.05, 3.63) is 70.8 Å². The number of carbonyl (C=O) groups excluding carboxylic acids is 3. The van der Waals surface area contributed by atoms with Gasteiger partial charge in [-0.15, -0.1) is 0 Å². The summed E-state index contributed by atoms with van der Waals surface area (Å²) in [5.74, 6) is 8.04. The molecule has 0 saturated heterocycles. The summed E-state index contributed by atoms with van der Waals surface area (Å²) in [7, 11) is 6.73. The normalized spacial score (nSPS) is 12.2. The molecule has 246 valence electrons. The summed E-state index contributed by atoms with van der Waals surface area (Å²) in [5, 5.41) is 21.4. The average molecular weight is 622 g/mol. The number of hydrazine groups is 1. The first-order chi connectivity index (χ1) is 21.1. The number of hydrogen-bond donors (Lipinski definition) is 5. The molecule has 2 atom stereocenters. The van der Waals surface area contributed by atoms with Crippen molar-refractivity contribution in [1.29, 1.82) is 10.7 Å². The number of amidine groups is 1. The Kier molecular flexibility index (Phi) is 15.4. The van der Waals surface area contributed by atoms with Gasteiger partial charge < -0.3 is 25.8 Å². The van der Waals surface area contributed by atoms with E-state index in [1.807, 2.05) is 6.92 Å². The number of nitrogens with two attached hydrogens (primary N) is 3. The van der Waals surface area contributed by atoms with Crippen LogP contribution in [-0.4, -0.2) is 92.1 Å². The van der Waals surface area contributed by atoms with Crippen molar-refractivity contribution in [3.63, 3.8) is 0 Å². The van der Waals surface area contributed by atoms with Crippen LogP contribution in [0.5, 0.6) is 0 Å². The van der Waals surface area contributed by atoms with Crippen molar-refractivity contribution in [2.75, 3.05) is 47.8 Å². The minimum absolute atomic E-state index is 0.0133. The van der Waals surface area contributed by atoms with E-state index in [1.165, 1.54) is 9.80 Å². The molecule has 0 spiro atoms. The van der Waals surface area contributed by atoms with E-state index < -0.39 is 5.41 Å². The first-order valence-corrected chi connectivity index (χ1v) is 14.9. The van der Waals surface area contributed by atoms with Gasteiger partial charge in [-0.05, 0) is 60.6 Å². The van der Waals surface area contributed by atoms with Crippen molar-refractivity contribution in [3.8, 4) is 6.07 Å². The summed E-state index contributed by atoms with van der Waals surface area (Å²) in [4.78, 5) is 42.8. The summed E-state index contributed by atoms with van der Waals surface area (Å²) in [6, 6.07) is 15.9. The zero-order valence-corrected chi connectivity index (χ0v) is 27.9. The molecule has 8 N–H and O–H groups in total. The monoisotopic (exact) mass is 621 g/mol. The molecule has 12 heteroatoms. The zero-order valence-electron chi connectivity index (χ0n) is 27.9. The van der Waals surface area contributed by atoms with Crippen molar-refractivity contribution >= 4 is 23.6 Å². The smallest absolute Gasteiger partial charge is 0.253 e. The molecule has 2 rings (SSSR count). The standard InChI is InChI=1S/C33H47N7O3.H4N2/c1-22(2)23(3)21-40(18-17-34)29(41)20-37-24(4)19-33(32(35)36,27-13-9-25(10-14-27)30(42)38(5)6)28-15-11-26(12-16-28)31(43)39(7)8;1-2/h9-16,22-24,37H,18-21H2,1-8H3,(H3,35,36);1-2H2/t23?,24-;/m1./s1. The number of benzene rings is 2. The molecule has 0 radical (unpaired) electrons. The third-order valence-electron chi connectivity index (χ3n) is 8.00. The molecule has 0 fully saturated rings. The molecule has 0 heterocycles. The van der Waals surface area contributed by atoms with Crippen LogP contribution in [0.1, 0.15) is 66.0 Å². The third kappa shape index (κ3) is 10.1. The number of rotatable bonds is 14. The molecule has 12 nitrogen and oxygen atoms in total. The van der Waals surface area contributed by atoms with E-state index in [0.29, 0.717) is 41.1 Å². The van der Waals surface area contributed by atoms with Gasteiger partial charge in [0.2, 0.25) is 5.91 Å². The Bertz CT molecular complexity index is 1250. The van der Waals surface area contributed by atoms with Gasteiger partial charge in [0, 0.05) is 51.9 Å². The molecule has 0 bridgehead atoms. The molecule has 45 heavy (non-hydrogen) atoms. The number of nitrogens with one attached hydrogen (secondary N) is 2. The van der Waals surface area contributed by atoms with E-state index in [4.69, 9.17) is 11.1 Å². The molecule has 1 unspecified atom stereocenters. The Hall–Kier alpha value is -4.31.